The normalized spacial score (nSPS) is 18.4. The molecular formula is C25H30N4O5. The minimum absolute atomic E-state index is 0.00889. The van der Waals surface area contributed by atoms with Crippen molar-refractivity contribution in [2.45, 2.75) is 33.0 Å². The largest absolute Gasteiger partial charge is 0.486 e. The number of ether oxygens (including phenoxy) is 3. The fourth-order valence-electron chi connectivity index (χ4n) is 4.51. The van der Waals surface area contributed by atoms with E-state index in [4.69, 9.17) is 18.8 Å². The molecule has 0 N–H and O–H groups in total. The lowest BCUT2D eigenvalue weighted by Gasteiger charge is -2.35. The number of nitrogens with zero attached hydrogens (tertiary/aromatic N) is 4. The zero-order valence-corrected chi connectivity index (χ0v) is 19.6. The fourth-order valence-corrected chi connectivity index (χ4v) is 4.51. The van der Waals surface area contributed by atoms with Crippen molar-refractivity contribution < 1.29 is 23.6 Å². The van der Waals surface area contributed by atoms with Crippen LogP contribution in [-0.4, -0.2) is 71.6 Å². The summed E-state index contributed by atoms with van der Waals surface area (Å²) in [6, 6.07) is 11.7. The fraction of sp³-hybridized carbons (Fsp3) is 0.480. The molecule has 2 aliphatic rings. The van der Waals surface area contributed by atoms with Crippen LogP contribution in [0.2, 0.25) is 0 Å². The summed E-state index contributed by atoms with van der Waals surface area (Å²) >= 11 is 0. The van der Waals surface area contributed by atoms with E-state index in [1.54, 1.807) is 0 Å². The van der Waals surface area contributed by atoms with Gasteiger partial charge < -0.3 is 19.1 Å². The molecule has 0 spiro atoms. The molecule has 0 radical (unpaired) electrons. The maximum Gasteiger partial charge on any atom is 0.253 e. The first-order chi connectivity index (χ1) is 16.6. The first-order valence-corrected chi connectivity index (χ1v) is 11.8. The van der Waals surface area contributed by atoms with Crippen LogP contribution in [-0.2, 0) is 22.6 Å². The molecule has 1 saturated heterocycles. The Morgan fingerprint density at radius 2 is 1.97 bits per heavy atom. The summed E-state index contributed by atoms with van der Waals surface area (Å²) in [6.07, 6.45) is -0.514. The van der Waals surface area contributed by atoms with Crippen LogP contribution < -0.4 is 9.47 Å². The zero-order chi connectivity index (χ0) is 23.5. The predicted molar refractivity (Wildman–Crippen MR) is 125 cm³/mol. The minimum Gasteiger partial charge on any atom is -0.486 e. The summed E-state index contributed by atoms with van der Waals surface area (Å²) < 4.78 is 22.2. The van der Waals surface area contributed by atoms with E-state index in [1.165, 1.54) is 0 Å². The monoisotopic (exact) mass is 466 g/mol. The van der Waals surface area contributed by atoms with Gasteiger partial charge in [-0.05, 0) is 45.6 Å². The third kappa shape index (κ3) is 5.00. The summed E-state index contributed by atoms with van der Waals surface area (Å²) in [7, 11) is 0. The third-order valence-electron chi connectivity index (χ3n) is 6.07. The smallest absolute Gasteiger partial charge is 0.253 e. The molecule has 2 aromatic carbocycles. The summed E-state index contributed by atoms with van der Waals surface area (Å²) in [5, 5.41) is 7.96. The number of amides is 1. The highest BCUT2D eigenvalue weighted by molar-refractivity contribution is 5.81. The van der Waals surface area contributed by atoms with Gasteiger partial charge in [0.05, 0.1) is 6.61 Å². The van der Waals surface area contributed by atoms with Crippen LogP contribution in [0.15, 0.2) is 41.0 Å². The molecule has 1 amide bonds. The van der Waals surface area contributed by atoms with Crippen LogP contribution in [0, 0.1) is 5.92 Å². The molecule has 34 heavy (non-hydrogen) atoms. The van der Waals surface area contributed by atoms with Gasteiger partial charge in [-0.1, -0.05) is 32.0 Å². The molecule has 3 heterocycles. The first kappa shape index (κ1) is 22.6. The molecular weight excluding hydrogens is 436 g/mol. The average Bonchev–Trinajstić information content (AvgIpc) is 3.33. The van der Waals surface area contributed by atoms with Crippen molar-refractivity contribution in [2.75, 3.05) is 39.5 Å². The quantitative estimate of drug-likeness (QED) is 0.525. The Hall–Kier alpha value is -3.17. The van der Waals surface area contributed by atoms with Gasteiger partial charge in [0.25, 0.3) is 5.91 Å². The lowest BCUT2D eigenvalue weighted by molar-refractivity contribution is -0.151. The van der Waals surface area contributed by atoms with Gasteiger partial charge in [-0.3, -0.25) is 9.69 Å². The van der Waals surface area contributed by atoms with E-state index in [1.807, 2.05) is 41.3 Å². The van der Waals surface area contributed by atoms with Gasteiger partial charge in [0.15, 0.2) is 11.5 Å². The SMILES string of the molecule is CC(C)CN(Cc1ccc2c(c1)OCCO2)C(=O)C1CN(Cc2cccc3nonc23)CCO1. The summed E-state index contributed by atoms with van der Waals surface area (Å²) in [6.45, 7) is 8.91. The van der Waals surface area contributed by atoms with E-state index in [-0.39, 0.29) is 5.91 Å². The number of rotatable bonds is 7. The van der Waals surface area contributed by atoms with Gasteiger partial charge in [0.2, 0.25) is 0 Å². The minimum atomic E-state index is -0.514. The predicted octanol–water partition coefficient (Wildman–Crippen LogP) is 2.88. The van der Waals surface area contributed by atoms with Gasteiger partial charge in [-0.15, -0.1) is 0 Å². The Balaban J connectivity index is 1.28. The Morgan fingerprint density at radius 3 is 2.82 bits per heavy atom. The number of benzene rings is 2. The van der Waals surface area contributed by atoms with Crippen LogP contribution in [0.3, 0.4) is 0 Å². The molecule has 3 aromatic rings. The molecule has 180 valence electrons. The van der Waals surface area contributed by atoms with Crippen molar-refractivity contribution in [1.82, 2.24) is 20.1 Å². The summed E-state index contributed by atoms with van der Waals surface area (Å²) in [5.74, 6) is 1.82. The van der Waals surface area contributed by atoms with E-state index < -0.39 is 6.10 Å². The van der Waals surface area contributed by atoms with Crippen LogP contribution in [0.25, 0.3) is 11.0 Å². The first-order valence-electron chi connectivity index (χ1n) is 11.8. The second-order valence-corrected chi connectivity index (χ2v) is 9.23. The van der Waals surface area contributed by atoms with Crippen LogP contribution in [0.1, 0.15) is 25.0 Å². The van der Waals surface area contributed by atoms with Crippen molar-refractivity contribution in [2.24, 2.45) is 5.92 Å². The third-order valence-corrected chi connectivity index (χ3v) is 6.07. The van der Waals surface area contributed by atoms with E-state index in [9.17, 15) is 4.79 Å². The zero-order valence-electron chi connectivity index (χ0n) is 19.6. The maximum atomic E-state index is 13.6. The van der Waals surface area contributed by atoms with E-state index in [0.29, 0.717) is 51.9 Å². The molecule has 1 fully saturated rings. The van der Waals surface area contributed by atoms with Crippen LogP contribution >= 0.6 is 0 Å². The topological polar surface area (TPSA) is 90.2 Å². The number of carbonyl (C=O) groups is 1. The second kappa shape index (κ2) is 9.99. The van der Waals surface area contributed by atoms with Crippen molar-refractivity contribution in [3.8, 4) is 11.5 Å². The molecule has 0 aliphatic carbocycles. The molecule has 0 bridgehead atoms. The average molecular weight is 467 g/mol. The Labute approximate surface area is 198 Å². The second-order valence-electron chi connectivity index (χ2n) is 9.23. The van der Waals surface area contributed by atoms with Crippen LogP contribution in [0.5, 0.6) is 11.5 Å². The van der Waals surface area contributed by atoms with E-state index in [0.717, 1.165) is 40.2 Å². The number of hydrogen-bond donors (Lipinski definition) is 0. The number of aromatic nitrogens is 2. The van der Waals surface area contributed by atoms with Crippen molar-refractivity contribution in [1.29, 1.82) is 0 Å². The molecule has 9 nitrogen and oxygen atoms in total. The highest BCUT2D eigenvalue weighted by Gasteiger charge is 2.31. The molecule has 1 aromatic heterocycles. The molecule has 2 aliphatic heterocycles. The number of fused-ring (bicyclic) bond motifs is 2. The van der Waals surface area contributed by atoms with Crippen molar-refractivity contribution in [3.05, 3.63) is 47.5 Å². The lowest BCUT2D eigenvalue weighted by atomic mass is 10.1. The highest BCUT2D eigenvalue weighted by atomic mass is 16.6. The molecule has 0 saturated carbocycles. The standard InChI is InChI=1S/C25H30N4O5/c1-17(2)13-29(14-18-6-7-21-22(12-18)33-11-10-32-21)25(30)23-16-28(8-9-31-23)15-19-4-3-5-20-24(19)27-34-26-20/h3-7,12,17,23H,8-11,13-16H2,1-2H3. The molecule has 5 rings (SSSR count). The van der Waals surface area contributed by atoms with Crippen LogP contribution in [0.4, 0.5) is 0 Å². The maximum absolute atomic E-state index is 13.6. The molecule has 1 unspecified atom stereocenters. The van der Waals surface area contributed by atoms with Gasteiger partial charge in [-0.25, -0.2) is 4.63 Å². The van der Waals surface area contributed by atoms with Gasteiger partial charge in [-0.2, -0.15) is 0 Å². The summed E-state index contributed by atoms with van der Waals surface area (Å²) in [4.78, 5) is 17.7. The van der Waals surface area contributed by atoms with Crippen molar-refractivity contribution in [3.63, 3.8) is 0 Å². The molecule has 1 atom stereocenters. The van der Waals surface area contributed by atoms with Gasteiger partial charge in [0.1, 0.15) is 30.4 Å². The highest BCUT2D eigenvalue weighted by Crippen LogP contribution is 2.31. The number of morpholine rings is 1. The summed E-state index contributed by atoms with van der Waals surface area (Å²) in [5.41, 5.74) is 3.54. The van der Waals surface area contributed by atoms with E-state index >= 15 is 0 Å². The Morgan fingerprint density at radius 1 is 1.12 bits per heavy atom. The van der Waals surface area contributed by atoms with E-state index in [2.05, 4.69) is 29.1 Å². The molecule has 9 heteroatoms. The van der Waals surface area contributed by atoms with Gasteiger partial charge >= 0.3 is 0 Å². The lowest BCUT2D eigenvalue weighted by Crippen LogP contribution is -2.51. The number of carbonyl (C=O) groups excluding carboxylic acids is 1. The van der Waals surface area contributed by atoms with Gasteiger partial charge in [0, 0.05) is 32.7 Å². The van der Waals surface area contributed by atoms with Crippen molar-refractivity contribution >= 4 is 16.9 Å². The Bertz CT molecular complexity index is 1150. The number of hydrogen-bond acceptors (Lipinski definition) is 8. The Kier molecular flexibility index (Phi) is 6.64.